The molecule has 17 heavy (non-hydrogen) atoms. The van der Waals surface area contributed by atoms with Gasteiger partial charge in [0.2, 0.25) is 0 Å². The molecule has 0 radical (unpaired) electrons. The quantitative estimate of drug-likeness (QED) is 0.804. The molecule has 3 nitrogen and oxygen atoms in total. The van der Waals surface area contributed by atoms with Gasteiger partial charge in [-0.1, -0.05) is 27.7 Å². The van der Waals surface area contributed by atoms with Crippen molar-refractivity contribution in [3.8, 4) is 0 Å². The number of hydrogen-bond donors (Lipinski definition) is 1. The highest BCUT2D eigenvalue weighted by Crippen LogP contribution is 2.43. The van der Waals surface area contributed by atoms with Crippen LogP contribution in [0.25, 0.3) is 0 Å². The summed E-state index contributed by atoms with van der Waals surface area (Å²) in [6.45, 7) is 11.3. The molecule has 100 valence electrons. The number of aliphatic carboxylic acids is 1. The summed E-state index contributed by atoms with van der Waals surface area (Å²) in [5.41, 5.74) is 0.355. The lowest BCUT2D eigenvalue weighted by Gasteiger charge is -2.35. The molecule has 1 fully saturated rings. The highest BCUT2D eigenvalue weighted by atomic mass is 16.4. The molecule has 1 aliphatic carbocycles. The number of rotatable bonds is 5. The average molecular weight is 241 g/mol. The van der Waals surface area contributed by atoms with E-state index < -0.39 is 5.97 Å². The van der Waals surface area contributed by atoms with Crippen molar-refractivity contribution in [3.05, 3.63) is 0 Å². The second-order valence-corrected chi connectivity index (χ2v) is 6.44. The first-order valence-electron chi connectivity index (χ1n) is 6.74. The summed E-state index contributed by atoms with van der Waals surface area (Å²) in [6, 6.07) is 0.781. The van der Waals surface area contributed by atoms with Crippen molar-refractivity contribution >= 4 is 5.97 Å². The van der Waals surface area contributed by atoms with E-state index >= 15 is 0 Å². The Labute approximate surface area is 105 Å². The van der Waals surface area contributed by atoms with Gasteiger partial charge in [-0.15, -0.1) is 0 Å². The van der Waals surface area contributed by atoms with Crippen molar-refractivity contribution in [1.82, 2.24) is 4.90 Å². The standard InChI is InChI=1S/C14H27NO2/c1-6-11(3)15(9-13(16)17)12-8-14(4,5)7-10(12)2/h10-12H,6-9H2,1-5H3,(H,16,17). The first kappa shape index (κ1) is 14.5. The molecule has 0 aromatic rings. The third-order valence-corrected chi connectivity index (χ3v) is 4.19. The van der Waals surface area contributed by atoms with Crippen LogP contribution in [0.4, 0.5) is 0 Å². The smallest absolute Gasteiger partial charge is 0.317 e. The maximum Gasteiger partial charge on any atom is 0.317 e. The molecule has 0 spiro atoms. The molecular weight excluding hydrogens is 214 g/mol. The Balaban J connectivity index is 2.80. The number of carboxylic acids is 1. The molecule has 1 saturated carbocycles. The van der Waals surface area contributed by atoms with Gasteiger partial charge in [0.25, 0.3) is 0 Å². The Bertz CT molecular complexity index is 275. The van der Waals surface area contributed by atoms with Crippen LogP contribution >= 0.6 is 0 Å². The summed E-state index contributed by atoms with van der Waals surface area (Å²) >= 11 is 0. The molecule has 0 aromatic carbocycles. The van der Waals surface area contributed by atoms with E-state index in [0.29, 0.717) is 23.4 Å². The fourth-order valence-electron chi connectivity index (χ4n) is 3.29. The van der Waals surface area contributed by atoms with E-state index in [0.717, 1.165) is 12.8 Å². The minimum Gasteiger partial charge on any atom is -0.480 e. The normalized spacial score (nSPS) is 29.5. The Kier molecular flexibility index (Phi) is 4.59. The highest BCUT2D eigenvalue weighted by molar-refractivity contribution is 5.69. The lowest BCUT2D eigenvalue weighted by Crippen LogP contribution is -2.46. The molecule has 0 heterocycles. The van der Waals surface area contributed by atoms with Crippen LogP contribution in [0, 0.1) is 11.3 Å². The van der Waals surface area contributed by atoms with E-state index in [1.54, 1.807) is 0 Å². The monoisotopic (exact) mass is 241 g/mol. The van der Waals surface area contributed by atoms with Gasteiger partial charge in [-0.25, -0.2) is 0 Å². The Morgan fingerprint density at radius 2 is 2.06 bits per heavy atom. The zero-order valence-corrected chi connectivity index (χ0v) is 11.9. The van der Waals surface area contributed by atoms with Crippen molar-refractivity contribution in [3.63, 3.8) is 0 Å². The summed E-state index contributed by atoms with van der Waals surface area (Å²) in [7, 11) is 0. The number of hydrogen-bond acceptors (Lipinski definition) is 2. The highest BCUT2D eigenvalue weighted by Gasteiger charge is 2.41. The Hall–Kier alpha value is -0.570. The average Bonchev–Trinajstić information content (AvgIpc) is 2.47. The third kappa shape index (κ3) is 3.70. The molecule has 0 aliphatic heterocycles. The Morgan fingerprint density at radius 1 is 1.47 bits per heavy atom. The van der Waals surface area contributed by atoms with Gasteiger partial charge in [0.1, 0.15) is 0 Å². The van der Waals surface area contributed by atoms with E-state index in [1.165, 1.54) is 6.42 Å². The zero-order chi connectivity index (χ0) is 13.2. The number of carbonyl (C=O) groups is 1. The summed E-state index contributed by atoms with van der Waals surface area (Å²) in [4.78, 5) is 13.2. The van der Waals surface area contributed by atoms with Crippen molar-refractivity contribution in [1.29, 1.82) is 0 Å². The maximum absolute atomic E-state index is 11.0. The second-order valence-electron chi connectivity index (χ2n) is 6.44. The van der Waals surface area contributed by atoms with Gasteiger partial charge in [-0.3, -0.25) is 9.69 Å². The molecule has 0 amide bonds. The van der Waals surface area contributed by atoms with Crippen LogP contribution < -0.4 is 0 Å². The lowest BCUT2D eigenvalue weighted by molar-refractivity contribution is -0.139. The topological polar surface area (TPSA) is 40.5 Å². The van der Waals surface area contributed by atoms with Crippen molar-refractivity contribution < 1.29 is 9.90 Å². The minimum atomic E-state index is -0.706. The molecule has 3 atom stereocenters. The van der Waals surface area contributed by atoms with E-state index in [2.05, 4.69) is 39.5 Å². The van der Waals surface area contributed by atoms with Crippen molar-refractivity contribution in [2.45, 2.75) is 66.0 Å². The molecule has 0 saturated heterocycles. The molecule has 0 aromatic heterocycles. The van der Waals surface area contributed by atoms with E-state index in [-0.39, 0.29) is 6.54 Å². The van der Waals surface area contributed by atoms with Crippen LogP contribution in [-0.4, -0.2) is 34.6 Å². The van der Waals surface area contributed by atoms with Crippen LogP contribution in [0.5, 0.6) is 0 Å². The number of nitrogens with zero attached hydrogens (tertiary/aromatic N) is 1. The van der Waals surface area contributed by atoms with Crippen LogP contribution in [0.2, 0.25) is 0 Å². The molecule has 0 bridgehead atoms. The Morgan fingerprint density at radius 3 is 2.41 bits per heavy atom. The molecule has 1 N–H and O–H groups in total. The van der Waals surface area contributed by atoms with Gasteiger partial charge in [-0.05, 0) is 37.5 Å². The summed E-state index contributed by atoms with van der Waals surface area (Å²) in [6.07, 6.45) is 3.33. The summed E-state index contributed by atoms with van der Waals surface area (Å²) in [5, 5.41) is 9.06. The summed E-state index contributed by atoms with van der Waals surface area (Å²) < 4.78 is 0. The first-order chi connectivity index (χ1) is 7.76. The largest absolute Gasteiger partial charge is 0.480 e. The van der Waals surface area contributed by atoms with Gasteiger partial charge in [0.05, 0.1) is 6.54 Å². The van der Waals surface area contributed by atoms with Gasteiger partial charge < -0.3 is 5.11 Å². The summed E-state index contributed by atoms with van der Waals surface area (Å²) in [5.74, 6) is -0.111. The van der Waals surface area contributed by atoms with E-state index in [1.807, 2.05) is 0 Å². The van der Waals surface area contributed by atoms with E-state index in [9.17, 15) is 4.79 Å². The maximum atomic E-state index is 11.0. The van der Waals surface area contributed by atoms with Crippen LogP contribution in [0.15, 0.2) is 0 Å². The SMILES string of the molecule is CCC(C)N(CC(=O)O)C1CC(C)(C)CC1C. The van der Waals surface area contributed by atoms with Crippen LogP contribution in [0.3, 0.4) is 0 Å². The molecule has 3 unspecified atom stereocenters. The molecular formula is C14H27NO2. The molecule has 1 aliphatic rings. The van der Waals surface area contributed by atoms with Gasteiger partial charge >= 0.3 is 5.97 Å². The minimum absolute atomic E-state index is 0.181. The lowest BCUT2D eigenvalue weighted by atomic mass is 9.91. The van der Waals surface area contributed by atoms with Gasteiger partial charge in [-0.2, -0.15) is 0 Å². The van der Waals surface area contributed by atoms with Gasteiger partial charge in [0.15, 0.2) is 0 Å². The fraction of sp³-hybridized carbons (Fsp3) is 0.929. The third-order valence-electron chi connectivity index (χ3n) is 4.19. The van der Waals surface area contributed by atoms with Crippen LogP contribution in [0.1, 0.15) is 53.9 Å². The van der Waals surface area contributed by atoms with E-state index in [4.69, 9.17) is 5.11 Å². The molecule has 1 rings (SSSR count). The van der Waals surface area contributed by atoms with Gasteiger partial charge in [0, 0.05) is 12.1 Å². The second kappa shape index (κ2) is 5.38. The fourth-order valence-corrected chi connectivity index (χ4v) is 3.29. The first-order valence-corrected chi connectivity index (χ1v) is 6.74. The van der Waals surface area contributed by atoms with Crippen molar-refractivity contribution in [2.24, 2.45) is 11.3 Å². The van der Waals surface area contributed by atoms with Crippen molar-refractivity contribution in [2.75, 3.05) is 6.54 Å². The predicted molar refractivity (Wildman–Crippen MR) is 70.1 cm³/mol. The van der Waals surface area contributed by atoms with Crippen LogP contribution in [-0.2, 0) is 4.79 Å². The zero-order valence-electron chi connectivity index (χ0n) is 11.9. The predicted octanol–water partition coefficient (Wildman–Crippen LogP) is 3.00. The molecule has 3 heteroatoms. The number of carboxylic acid groups (broad SMARTS) is 1.